The number of quaternary nitrogens is 1. The van der Waals surface area contributed by atoms with Crippen LogP contribution in [0.3, 0.4) is 0 Å². The van der Waals surface area contributed by atoms with Crippen molar-refractivity contribution >= 4 is 0 Å². The standard InChI is InChI=1S/C27H59N4/c1-4-26(16-22-30(2)21-11-7-5-9-19-28)14-13-15-27-17-24-31(3,25-18-27)23-12-8-6-10-20-29/h26-27H,4-25,28-29H2,1-3H3/q+1. The fourth-order valence-corrected chi connectivity index (χ4v) is 5.39. The quantitative estimate of drug-likeness (QED) is 0.197. The molecule has 4 N–H and O–H groups in total. The molecule has 0 aromatic rings. The van der Waals surface area contributed by atoms with Gasteiger partial charge in [0.2, 0.25) is 0 Å². The molecule has 1 aliphatic heterocycles. The second-order valence-electron chi connectivity index (χ2n) is 10.9. The molecule has 186 valence electrons. The molecular weight excluding hydrogens is 380 g/mol. The van der Waals surface area contributed by atoms with Crippen LogP contribution in [0.1, 0.15) is 103 Å². The van der Waals surface area contributed by atoms with E-state index in [1.165, 1.54) is 134 Å². The zero-order valence-electron chi connectivity index (χ0n) is 21.8. The van der Waals surface area contributed by atoms with E-state index in [9.17, 15) is 0 Å². The van der Waals surface area contributed by atoms with Crippen LogP contribution < -0.4 is 11.5 Å². The lowest BCUT2D eigenvalue weighted by molar-refractivity contribution is -0.915. The summed E-state index contributed by atoms with van der Waals surface area (Å²) in [6.07, 6.45) is 20.5. The zero-order chi connectivity index (χ0) is 22.8. The van der Waals surface area contributed by atoms with Gasteiger partial charge in [-0.15, -0.1) is 0 Å². The average molecular weight is 440 g/mol. The summed E-state index contributed by atoms with van der Waals surface area (Å²) in [7, 11) is 4.81. The Kier molecular flexibility index (Phi) is 17.0. The number of unbranched alkanes of at least 4 members (excludes halogenated alkanes) is 6. The van der Waals surface area contributed by atoms with Gasteiger partial charge in [0.25, 0.3) is 0 Å². The third-order valence-electron chi connectivity index (χ3n) is 8.02. The molecule has 0 aromatic carbocycles. The van der Waals surface area contributed by atoms with E-state index in [0.29, 0.717) is 0 Å². The molecule has 0 bridgehead atoms. The number of rotatable bonds is 20. The van der Waals surface area contributed by atoms with E-state index in [-0.39, 0.29) is 0 Å². The number of nitrogens with zero attached hydrogens (tertiary/aromatic N) is 2. The van der Waals surface area contributed by atoms with Crippen molar-refractivity contribution in [2.45, 2.75) is 103 Å². The maximum absolute atomic E-state index is 5.61. The normalized spacial score (nSPS) is 22.8. The molecule has 31 heavy (non-hydrogen) atoms. The molecule has 1 unspecified atom stereocenters. The fraction of sp³-hybridized carbons (Fsp3) is 1.00. The molecule has 0 saturated carbocycles. The molecule has 1 saturated heterocycles. The van der Waals surface area contributed by atoms with Crippen LogP contribution >= 0.6 is 0 Å². The molecule has 0 aromatic heterocycles. The van der Waals surface area contributed by atoms with Crippen LogP contribution in [0, 0.1) is 11.8 Å². The smallest absolute Gasteiger partial charge is 0.0787 e. The van der Waals surface area contributed by atoms with Crippen molar-refractivity contribution in [2.75, 3.05) is 59.9 Å². The molecule has 1 aliphatic rings. The van der Waals surface area contributed by atoms with Crippen LogP contribution in [0.5, 0.6) is 0 Å². The first-order valence-corrected chi connectivity index (χ1v) is 13.9. The van der Waals surface area contributed by atoms with Crippen molar-refractivity contribution in [2.24, 2.45) is 23.3 Å². The van der Waals surface area contributed by atoms with Gasteiger partial charge >= 0.3 is 0 Å². The minimum absolute atomic E-state index is 0.850. The summed E-state index contributed by atoms with van der Waals surface area (Å²) in [5.74, 6) is 1.93. The number of hydrogen-bond donors (Lipinski definition) is 2. The van der Waals surface area contributed by atoms with Crippen LogP contribution in [0.2, 0.25) is 0 Å². The molecule has 0 radical (unpaired) electrons. The van der Waals surface area contributed by atoms with Crippen LogP contribution in [-0.2, 0) is 0 Å². The summed E-state index contributed by atoms with van der Waals surface area (Å²) in [6.45, 7) is 10.9. The highest BCUT2D eigenvalue weighted by atomic mass is 15.3. The molecule has 0 aliphatic carbocycles. The Morgan fingerprint density at radius 2 is 1.42 bits per heavy atom. The third kappa shape index (κ3) is 14.6. The highest BCUT2D eigenvalue weighted by Crippen LogP contribution is 2.28. The molecule has 0 amide bonds. The molecular formula is C27H59N4+. The minimum atomic E-state index is 0.850. The second-order valence-corrected chi connectivity index (χ2v) is 10.9. The van der Waals surface area contributed by atoms with Gasteiger partial charge in [-0.05, 0) is 96.4 Å². The van der Waals surface area contributed by atoms with Gasteiger partial charge < -0.3 is 20.9 Å². The Hall–Kier alpha value is -0.160. The Morgan fingerprint density at radius 3 is 2.03 bits per heavy atom. The molecule has 1 rings (SSSR count). The lowest BCUT2D eigenvalue weighted by atomic mass is 9.87. The van der Waals surface area contributed by atoms with Crippen molar-refractivity contribution in [1.29, 1.82) is 0 Å². The van der Waals surface area contributed by atoms with E-state index in [1.54, 1.807) is 0 Å². The van der Waals surface area contributed by atoms with E-state index in [0.717, 1.165) is 24.9 Å². The zero-order valence-corrected chi connectivity index (χ0v) is 21.8. The van der Waals surface area contributed by atoms with Crippen molar-refractivity contribution < 1.29 is 4.48 Å². The van der Waals surface area contributed by atoms with E-state index >= 15 is 0 Å². The van der Waals surface area contributed by atoms with E-state index < -0.39 is 0 Å². The van der Waals surface area contributed by atoms with Gasteiger partial charge in [-0.2, -0.15) is 0 Å². The minimum Gasteiger partial charge on any atom is -0.330 e. The summed E-state index contributed by atoms with van der Waals surface area (Å²) in [5, 5.41) is 0. The Balaban J connectivity index is 2.09. The van der Waals surface area contributed by atoms with Crippen molar-refractivity contribution in [3.8, 4) is 0 Å². The lowest BCUT2D eigenvalue weighted by Gasteiger charge is -2.41. The molecule has 4 heteroatoms. The van der Waals surface area contributed by atoms with Crippen LogP contribution in [0.4, 0.5) is 0 Å². The Bertz CT molecular complexity index is 388. The first kappa shape index (κ1) is 28.9. The van der Waals surface area contributed by atoms with Gasteiger partial charge in [0.1, 0.15) is 0 Å². The van der Waals surface area contributed by atoms with Gasteiger partial charge in [-0.1, -0.05) is 51.9 Å². The van der Waals surface area contributed by atoms with Crippen LogP contribution in [0.25, 0.3) is 0 Å². The van der Waals surface area contributed by atoms with Gasteiger partial charge in [0.05, 0.1) is 26.7 Å². The average Bonchev–Trinajstić information content (AvgIpc) is 2.77. The predicted molar refractivity (Wildman–Crippen MR) is 138 cm³/mol. The van der Waals surface area contributed by atoms with Gasteiger partial charge in [0, 0.05) is 0 Å². The van der Waals surface area contributed by atoms with Gasteiger partial charge in [-0.25, -0.2) is 0 Å². The molecule has 4 nitrogen and oxygen atoms in total. The molecule has 1 fully saturated rings. The number of hydrogen-bond acceptors (Lipinski definition) is 3. The topological polar surface area (TPSA) is 55.3 Å². The van der Waals surface area contributed by atoms with Crippen molar-refractivity contribution in [3.63, 3.8) is 0 Å². The predicted octanol–water partition coefficient (Wildman–Crippen LogP) is 5.40. The second kappa shape index (κ2) is 18.3. The number of likely N-dealkylation sites (tertiary alicyclic amines) is 1. The van der Waals surface area contributed by atoms with Gasteiger partial charge in [0.15, 0.2) is 0 Å². The van der Waals surface area contributed by atoms with E-state index in [2.05, 4.69) is 25.9 Å². The molecule has 1 atom stereocenters. The number of nitrogens with two attached hydrogens (primary N) is 2. The van der Waals surface area contributed by atoms with E-state index in [1.807, 2.05) is 0 Å². The first-order chi connectivity index (χ1) is 15.0. The SMILES string of the molecule is CCC(CCCC1CC[N+](C)(CCCCCCN)CC1)CCN(C)CCCCCCN. The number of piperidine rings is 1. The van der Waals surface area contributed by atoms with Crippen molar-refractivity contribution in [1.82, 2.24) is 4.90 Å². The lowest BCUT2D eigenvalue weighted by Crippen LogP contribution is -2.50. The van der Waals surface area contributed by atoms with Crippen molar-refractivity contribution in [3.05, 3.63) is 0 Å². The van der Waals surface area contributed by atoms with E-state index in [4.69, 9.17) is 11.5 Å². The summed E-state index contributed by atoms with van der Waals surface area (Å²) >= 11 is 0. The summed E-state index contributed by atoms with van der Waals surface area (Å²) in [5.41, 5.74) is 11.2. The Labute approximate surface area is 196 Å². The maximum Gasteiger partial charge on any atom is 0.0787 e. The fourth-order valence-electron chi connectivity index (χ4n) is 5.39. The summed E-state index contributed by atoms with van der Waals surface area (Å²) in [4.78, 5) is 2.56. The Morgan fingerprint density at radius 1 is 0.806 bits per heavy atom. The summed E-state index contributed by atoms with van der Waals surface area (Å²) in [6, 6.07) is 0. The van der Waals surface area contributed by atoms with Crippen LogP contribution in [-0.4, -0.2) is 69.3 Å². The first-order valence-electron chi connectivity index (χ1n) is 13.9. The highest BCUT2D eigenvalue weighted by Gasteiger charge is 2.29. The summed E-state index contributed by atoms with van der Waals surface area (Å²) < 4.78 is 1.33. The highest BCUT2D eigenvalue weighted by molar-refractivity contribution is 4.68. The van der Waals surface area contributed by atoms with Gasteiger partial charge in [-0.3, -0.25) is 0 Å². The monoisotopic (exact) mass is 439 g/mol. The third-order valence-corrected chi connectivity index (χ3v) is 8.02. The molecule has 0 spiro atoms. The molecule has 1 heterocycles. The largest absolute Gasteiger partial charge is 0.330 e. The maximum atomic E-state index is 5.61. The van der Waals surface area contributed by atoms with Crippen LogP contribution in [0.15, 0.2) is 0 Å².